The molecule has 1 amide bonds. The summed E-state index contributed by atoms with van der Waals surface area (Å²) in [6.45, 7) is 2.00. The minimum absolute atomic E-state index is 0.168. The summed E-state index contributed by atoms with van der Waals surface area (Å²) < 4.78 is 18.6. The average Bonchev–Trinajstić information content (AvgIpc) is 2.33. The molecule has 0 aromatic heterocycles. The van der Waals surface area contributed by atoms with Gasteiger partial charge >= 0.3 is 0 Å². The number of carbonyl (C=O) groups excluding carboxylic acids is 1. The Balaban J connectivity index is 2.73. The SMILES string of the molecule is COC(CN)CC(=O)Nc1cc(Br)c(F)cc1C. The molecule has 1 atom stereocenters. The molecule has 0 aliphatic rings. The Morgan fingerprint density at radius 2 is 2.28 bits per heavy atom. The van der Waals surface area contributed by atoms with E-state index >= 15 is 0 Å². The second-order valence-corrected chi connectivity index (χ2v) is 4.78. The number of aryl methyl sites for hydroxylation is 1. The highest BCUT2D eigenvalue weighted by atomic mass is 79.9. The van der Waals surface area contributed by atoms with Crippen molar-refractivity contribution in [1.82, 2.24) is 0 Å². The van der Waals surface area contributed by atoms with Gasteiger partial charge in [-0.1, -0.05) is 0 Å². The summed E-state index contributed by atoms with van der Waals surface area (Å²) in [7, 11) is 1.50. The first-order valence-corrected chi connectivity index (χ1v) is 6.25. The molecule has 0 radical (unpaired) electrons. The number of rotatable bonds is 5. The van der Waals surface area contributed by atoms with Crippen LogP contribution >= 0.6 is 15.9 Å². The Bertz CT molecular complexity index is 436. The maximum absolute atomic E-state index is 13.2. The predicted molar refractivity (Wildman–Crippen MR) is 71.9 cm³/mol. The van der Waals surface area contributed by atoms with E-state index in [2.05, 4.69) is 21.2 Å². The number of nitrogens with two attached hydrogens (primary N) is 1. The van der Waals surface area contributed by atoms with Gasteiger partial charge in [-0.25, -0.2) is 4.39 Å². The van der Waals surface area contributed by atoms with E-state index in [0.717, 1.165) is 0 Å². The van der Waals surface area contributed by atoms with Crippen LogP contribution in [-0.2, 0) is 9.53 Å². The van der Waals surface area contributed by atoms with E-state index in [1.165, 1.54) is 19.2 Å². The fraction of sp³-hybridized carbons (Fsp3) is 0.417. The molecule has 0 aliphatic carbocycles. The molecule has 0 fully saturated rings. The van der Waals surface area contributed by atoms with E-state index in [9.17, 15) is 9.18 Å². The molecule has 1 rings (SSSR count). The number of halogens is 2. The lowest BCUT2D eigenvalue weighted by molar-refractivity contribution is -0.118. The largest absolute Gasteiger partial charge is 0.380 e. The number of hydrogen-bond donors (Lipinski definition) is 2. The maximum atomic E-state index is 13.2. The number of anilines is 1. The van der Waals surface area contributed by atoms with Crippen LogP contribution in [0.5, 0.6) is 0 Å². The molecule has 1 aromatic carbocycles. The topological polar surface area (TPSA) is 64.3 Å². The summed E-state index contributed by atoms with van der Waals surface area (Å²) in [5, 5.41) is 2.71. The first-order chi connectivity index (χ1) is 8.47. The lowest BCUT2D eigenvalue weighted by Gasteiger charge is -2.14. The molecule has 0 aliphatic heterocycles. The van der Waals surface area contributed by atoms with Gasteiger partial charge in [-0.2, -0.15) is 0 Å². The molecule has 100 valence electrons. The van der Waals surface area contributed by atoms with Crippen molar-refractivity contribution in [3.8, 4) is 0 Å². The van der Waals surface area contributed by atoms with Crippen molar-refractivity contribution in [3.05, 3.63) is 28.0 Å². The Morgan fingerprint density at radius 1 is 1.61 bits per heavy atom. The lowest BCUT2D eigenvalue weighted by atomic mass is 10.2. The van der Waals surface area contributed by atoms with Crippen molar-refractivity contribution in [1.29, 1.82) is 0 Å². The van der Waals surface area contributed by atoms with E-state index in [4.69, 9.17) is 10.5 Å². The highest BCUT2D eigenvalue weighted by molar-refractivity contribution is 9.10. The highest BCUT2D eigenvalue weighted by Crippen LogP contribution is 2.24. The van der Waals surface area contributed by atoms with Crippen molar-refractivity contribution in [2.24, 2.45) is 5.73 Å². The summed E-state index contributed by atoms with van der Waals surface area (Å²) in [6, 6.07) is 2.89. The van der Waals surface area contributed by atoms with Gasteiger partial charge in [-0.3, -0.25) is 4.79 Å². The number of ether oxygens (including phenoxy) is 1. The zero-order valence-electron chi connectivity index (χ0n) is 10.3. The van der Waals surface area contributed by atoms with Crippen molar-refractivity contribution in [3.63, 3.8) is 0 Å². The molecule has 4 nitrogen and oxygen atoms in total. The molecule has 1 aromatic rings. The summed E-state index contributed by atoms with van der Waals surface area (Å²) >= 11 is 3.08. The van der Waals surface area contributed by atoms with E-state index in [-0.39, 0.29) is 30.8 Å². The number of nitrogens with one attached hydrogen (secondary N) is 1. The Kier molecular flexibility index (Phi) is 5.71. The predicted octanol–water partition coefficient (Wildman–Crippen LogP) is 2.20. The number of methoxy groups -OCH3 is 1. The van der Waals surface area contributed by atoms with Crippen LogP contribution in [0.4, 0.5) is 10.1 Å². The third-order valence-electron chi connectivity index (χ3n) is 2.55. The molecule has 3 N–H and O–H groups in total. The van der Waals surface area contributed by atoms with E-state index < -0.39 is 0 Å². The van der Waals surface area contributed by atoms with Crippen LogP contribution in [0.3, 0.4) is 0 Å². The van der Waals surface area contributed by atoms with Gasteiger partial charge < -0.3 is 15.8 Å². The second-order valence-electron chi connectivity index (χ2n) is 3.93. The lowest BCUT2D eigenvalue weighted by Crippen LogP contribution is -2.28. The minimum Gasteiger partial charge on any atom is -0.380 e. The van der Waals surface area contributed by atoms with Gasteiger partial charge in [0.2, 0.25) is 5.91 Å². The van der Waals surface area contributed by atoms with Crippen LogP contribution in [0.15, 0.2) is 16.6 Å². The van der Waals surface area contributed by atoms with Crippen molar-refractivity contribution >= 4 is 27.5 Å². The second kappa shape index (κ2) is 6.82. The van der Waals surface area contributed by atoms with Crippen LogP contribution in [0.1, 0.15) is 12.0 Å². The molecule has 18 heavy (non-hydrogen) atoms. The smallest absolute Gasteiger partial charge is 0.227 e. The van der Waals surface area contributed by atoms with Crippen molar-refractivity contribution in [2.75, 3.05) is 19.0 Å². The summed E-state index contributed by atoms with van der Waals surface area (Å²) in [6.07, 6.45) is -0.143. The van der Waals surface area contributed by atoms with E-state index in [1.54, 1.807) is 6.92 Å². The van der Waals surface area contributed by atoms with Crippen LogP contribution in [-0.4, -0.2) is 25.7 Å². The van der Waals surface area contributed by atoms with Gasteiger partial charge in [0.1, 0.15) is 5.82 Å². The summed E-state index contributed by atoms with van der Waals surface area (Å²) in [4.78, 5) is 11.7. The maximum Gasteiger partial charge on any atom is 0.227 e. The van der Waals surface area contributed by atoms with Gasteiger partial charge in [-0.15, -0.1) is 0 Å². The molecule has 6 heteroatoms. The zero-order valence-corrected chi connectivity index (χ0v) is 11.9. The van der Waals surface area contributed by atoms with Crippen LogP contribution < -0.4 is 11.1 Å². The highest BCUT2D eigenvalue weighted by Gasteiger charge is 2.13. The first kappa shape index (κ1) is 15.1. The normalized spacial score (nSPS) is 12.3. The Morgan fingerprint density at radius 3 is 2.83 bits per heavy atom. The van der Waals surface area contributed by atoms with E-state index in [1.807, 2.05) is 0 Å². The van der Waals surface area contributed by atoms with Gasteiger partial charge in [0.15, 0.2) is 0 Å². The molecule has 0 heterocycles. The number of amides is 1. The number of benzene rings is 1. The average molecular weight is 319 g/mol. The van der Waals surface area contributed by atoms with Gasteiger partial charge in [0.05, 0.1) is 17.0 Å². The van der Waals surface area contributed by atoms with E-state index in [0.29, 0.717) is 15.7 Å². The minimum atomic E-state index is -0.359. The van der Waals surface area contributed by atoms with Crippen LogP contribution in [0.2, 0.25) is 0 Å². The van der Waals surface area contributed by atoms with Gasteiger partial charge in [-0.05, 0) is 40.5 Å². The van der Waals surface area contributed by atoms with Crippen molar-refractivity contribution < 1.29 is 13.9 Å². The fourth-order valence-corrected chi connectivity index (χ4v) is 1.80. The van der Waals surface area contributed by atoms with Gasteiger partial charge in [0, 0.05) is 19.3 Å². The Hall–Kier alpha value is -0.980. The van der Waals surface area contributed by atoms with Crippen LogP contribution in [0, 0.1) is 12.7 Å². The summed E-state index contributed by atoms with van der Waals surface area (Å²) in [5.74, 6) is -0.573. The summed E-state index contributed by atoms with van der Waals surface area (Å²) in [5.41, 5.74) is 6.66. The molecule has 0 saturated heterocycles. The molecule has 0 saturated carbocycles. The molecular formula is C12H16BrFN2O2. The van der Waals surface area contributed by atoms with Crippen molar-refractivity contribution in [2.45, 2.75) is 19.4 Å². The Labute approximate surface area is 114 Å². The molecular weight excluding hydrogens is 303 g/mol. The quantitative estimate of drug-likeness (QED) is 0.874. The third kappa shape index (κ3) is 4.04. The third-order valence-corrected chi connectivity index (χ3v) is 3.16. The standard InChI is InChI=1S/C12H16BrFN2O2/c1-7-3-10(14)9(13)5-11(7)16-12(17)4-8(6-15)18-2/h3,5,8H,4,6,15H2,1-2H3,(H,16,17). The monoisotopic (exact) mass is 318 g/mol. The molecule has 0 bridgehead atoms. The number of hydrogen-bond acceptors (Lipinski definition) is 3. The molecule has 1 unspecified atom stereocenters. The first-order valence-electron chi connectivity index (χ1n) is 5.46. The van der Waals surface area contributed by atoms with Crippen LogP contribution in [0.25, 0.3) is 0 Å². The molecule has 0 spiro atoms. The zero-order chi connectivity index (χ0) is 13.7. The van der Waals surface area contributed by atoms with Gasteiger partial charge in [0.25, 0.3) is 0 Å². The fourth-order valence-electron chi connectivity index (χ4n) is 1.45. The number of carbonyl (C=O) groups is 1.